The van der Waals surface area contributed by atoms with Crippen molar-refractivity contribution in [2.45, 2.75) is 6.42 Å². The topological polar surface area (TPSA) is 80.1 Å². The number of carbonyl (C=O) groups excluding carboxylic acids is 2. The van der Waals surface area contributed by atoms with Gasteiger partial charge in [-0.25, -0.2) is 9.67 Å². The zero-order chi connectivity index (χ0) is 19.7. The van der Waals surface area contributed by atoms with Gasteiger partial charge in [0.15, 0.2) is 0 Å². The number of nitrogens with one attached hydrogen (secondary N) is 1. The van der Waals surface area contributed by atoms with Gasteiger partial charge in [-0.1, -0.05) is 23.7 Å². The van der Waals surface area contributed by atoms with E-state index in [9.17, 15) is 9.59 Å². The molecule has 2 amide bonds. The fourth-order valence-corrected chi connectivity index (χ4v) is 3.83. The van der Waals surface area contributed by atoms with Gasteiger partial charge in [-0.15, -0.1) is 0 Å². The van der Waals surface area contributed by atoms with Crippen molar-refractivity contribution in [3.63, 3.8) is 0 Å². The third kappa shape index (κ3) is 3.65. The second-order valence-corrected chi connectivity index (χ2v) is 7.64. The smallest absolute Gasteiger partial charge is 0.229 e. The van der Waals surface area contributed by atoms with E-state index in [1.807, 2.05) is 24.3 Å². The van der Waals surface area contributed by atoms with Crippen LogP contribution in [0.3, 0.4) is 0 Å². The number of rotatable bonds is 4. The number of para-hydroxylation sites is 1. The summed E-state index contributed by atoms with van der Waals surface area (Å²) in [6, 6.07) is 12.6. The Hall–Kier alpha value is -2.71. The summed E-state index contributed by atoms with van der Waals surface area (Å²) in [7, 11) is 0. The molecule has 3 aromatic rings. The Balaban J connectivity index is 1.55. The number of anilines is 2. The fourth-order valence-electron chi connectivity index (χ4n) is 3.16. The van der Waals surface area contributed by atoms with Gasteiger partial charge in [0, 0.05) is 22.5 Å². The summed E-state index contributed by atoms with van der Waals surface area (Å²) in [5.74, 6) is -0.802. The van der Waals surface area contributed by atoms with E-state index in [0.29, 0.717) is 22.9 Å². The van der Waals surface area contributed by atoms with Crippen molar-refractivity contribution >= 4 is 50.7 Å². The number of hydrogen-bond donors (Lipinski definition) is 1. The molecule has 1 aromatic heterocycles. The van der Waals surface area contributed by atoms with Gasteiger partial charge in [0.1, 0.15) is 12.7 Å². The first-order valence-electron chi connectivity index (χ1n) is 8.53. The molecule has 2 heterocycles. The van der Waals surface area contributed by atoms with Crippen molar-refractivity contribution in [3.05, 3.63) is 64.6 Å². The Bertz CT molecular complexity index is 1040. The number of amides is 2. The number of carbonyl (C=O) groups is 2. The van der Waals surface area contributed by atoms with Crippen LogP contribution >= 0.6 is 27.5 Å². The van der Waals surface area contributed by atoms with Crippen LogP contribution in [0.2, 0.25) is 5.02 Å². The minimum Gasteiger partial charge on any atom is -0.324 e. The molecule has 28 heavy (non-hydrogen) atoms. The van der Waals surface area contributed by atoms with Crippen LogP contribution in [-0.2, 0) is 9.59 Å². The molecule has 1 saturated heterocycles. The van der Waals surface area contributed by atoms with Crippen molar-refractivity contribution in [2.24, 2.45) is 5.92 Å². The molecule has 142 valence electrons. The normalized spacial score (nSPS) is 16.4. The Kier molecular flexibility index (Phi) is 5.15. The molecular weight excluding hydrogens is 446 g/mol. The molecule has 7 nitrogen and oxygen atoms in total. The third-order valence-electron chi connectivity index (χ3n) is 4.52. The first-order valence-corrected chi connectivity index (χ1v) is 9.70. The lowest BCUT2D eigenvalue weighted by atomic mass is 10.1. The lowest BCUT2D eigenvalue weighted by molar-refractivity contribution is -0.122. The predicted octanol–water partition coefficient (Wildman–Crippen LogP) is 3.67. The number of hydrogen-bond acceptors (Lipinski definition) is 4. The van der Waals surface area contributed by atoms with E-state index in [-0.39, 0.29) is 18.2 Å². The molecule has 1 atom stereocenters. The lowest BCUT2D eigenvalue weighted by Gasteiger charge is -2.18. The van der Waals surface area contributed by atoms with Gasteiger partial charge in [-0.3, -0.25) is 9.59 Å². The number of halogens is 2. The minimum absolute atomic E-state index is 0.0883. The van der Waals surface area contributed by atoms with E-state index in [0.717, 1.165) is 10.2 Å². The van der Waals surface area contributed by atoms with Crippen LogP contribution in [0.5, 0.6) is 0 Å². The van der Waals surface area contributed by atoms with E-state index >= 15 is 0 Å². The Morgan fingerprint density at radius 3 is 2.79 bits per heavy atom. The first kappa shape index (κ1) is 18.6. The molecule has 9 heteroatoms. The van der Waals surface area contributed by atoms with Crippen LogP contribution in [0.15, 0.2) is 59.6 Å². The van der Waals surface area contributed by atoms with Crippen LogP contribution in [0.1, 0.15) is 6.42 Å². The quantitative estimate of drug-likeness (QED) is 0.644. The van der Waals surface area contributed by atoms with Gasteiger partial charge in [0.05, 0.1) is 23.0 Å². The molecule has 1 aliphatic rings. The van der Waals surface area contributed by atoms with E-state index in [2.05, 4.69) is 31.3 Å². The summed E-state index contributed by atoms with van der Waals surface area (Å²) >= 11 is 9.56. The molecule has 1 N–H and O–H groups in total. The van der Waals surface area contributed by atoms with E-state index in [4.69, 9.17) is 11.6 Å². The highest BCUT2D eigenvalue weighted by Gasteiger charge is 2.36. The number of benzene rings is 2. The molecule has 0 aliphatic carbocycles. The standard InChI is InChI=1S/C19H15BrClN5O2/c20-14-3-1-2-4-16(14)25-9-12(7-18(25)27)19(28)24-15-8-13(21)5-6-17(15)26-11-22-10-23-26/h1-6,8,10-12H,7,9H2,(H,24,28). The highest BCUT2D eigenvalue weighted by molar-refractivity contribution is 9.10. The van der Waals surface area contributed by atoms with Gasteiger partial charge < -0.3 is 10.2 Å². The van der Waals surface area contributed by atoms with Gasteiger partial charge in [0.25, 0.3) is 0 Å². The first-order chi connectivity index (χ1) is 13.5. The highest BCUT2D eigenvalue weighted by atomic mass is 79.9. The average Bonchev–Trinajstić information content (AvgIpc) is 3.32. The summed E-state index contributed by atoms with van der Waals surface area (Å²) in [5, 5.41) is 7.47. The van der Waals surface area contributed by atoms with Crippen LogP contribution in [-0.4, -0.2) is 33.1 Å². The molecule has 0 spiro atoms. The molecule has 0 bridgehead atoms. The van der Waals surface area contributed by atoms with Crippen molar-refractivity contribution in [1.29, 1.82) is 0 Å². The van der Waals surface area contributed by atoms with Crippen molar-refractivity contribution < 1.29 is 9.59 Å². The Morgan fingerprint density at radius 2 is 2.04 bits per heavy atom. The SMILES string of the molecule is O=C(Nc1cc(Cl)ccc1-n1cncn1)C1CC(=O)N(c2ccccc2Br)C1. The summed E-state index contributed by atoms with van der Waals surface area (Å²) in [4.78, 5) is 30.9. The summed E-state index contributed by atoms with van der Waals surface area (Å²) < 4.78 is 2.35. The monoisotopic (exact) mass is 459 g/mol. The maximum Gasteiger partial charge on any atom is 0.229 e. The predicted molar refractivity (Wildman–Crippen MR) is 110 cm³/mol. The fraction of sp³-hybridized carbons (Fsp3) is 0.158. The molecule has 1 fully saturated rings. The molecule has 1 unspecified atom stereocenters. The van der Waals surface area contributed by atoms with E-state index in [1.54, 1.807) is 27.8 Å². The Morgan fingerprint density at radius 1 is 1.21 bits per heavy atom. The molecule has 4 rings (SSSR count). The summed E-state index contributed by atoms with van der Waals surface area (Å²) in [6.45, 7) is 0.312. The summed E-state index contributed by atoms with van der Waals surface area (Å²) in [5.41, 5.74) is 1.91. The third-order valence-corrected chi connectivity index (χ3v) is 5.43. The van der Waals surface area contributed by atoms with Crippen molar-refractivity contribution in [2.75, 3.05) is 16.8 Å². The van der Waals surface area contributed by atoms with Gasteiger partial charge in [-0.2, -0.15) is 5.10 Å². The number of nitrogens with zero attached hydrogens (tertiary/aromatic N) is 4. The zero-order valence-corrected chi connectivity index (χ0v) is 16.9. The largest absolute Gasteiger partial charge is 0.324 e. The van der Waals surface area contributed by atoms with Gasteiger partial charge >= 0.3 is 0 Å². The minimum atomic E-state index is -0.470. The molecule has 0 saturated carbocycles. The second-order valence-electron chi connectivity index (χ2n) is 6.35. The van der Waals surface area contributed by atoms with Crippen LogP contribution in [0.25, 0.3) is 5.69 Å². The second kappa shape index (κ2) is 7.73. The Labute approximate surface area is 174 Å². The zero-order valence-electron chi connectivity index (χ0n) is 14.5. The van der Waals surface area contributed by atoms with Crippen LogP contribution < -0.4 is 10.2 Å². The van der Waals surface area contributed by atoms with Crippen LogP contribution in [0, 0.1) is 5.92 Å². The van der Waals surface area contributed by atoms with Crippen LogP contribution in [0.4, 0.5) is 11.4 Å². The van der Waals surface area contributed by atoms with E-state index < -0.39 is 5.92 Å². The molecule has 2 aromatic carbocycles. The lowest BCUT2D eigenvalue weighted by Crippen LogP contribution is -2.28. The van der Waals surface area contributed by atoms with Crippen molar-refractivity contribution in [3.8, 4) is 5.69 Å². The molecular formula is C19H15BrClN5O2. The number of aromatic nitrogens is 3. The molecule has 0 radical (unpaired) electrons. The molecule has 1 aliphatic heterocycles. The van der Waals surface area contributed by atoms with Gasteiger partial charge in [0.2, 0.25) is 11.8 Å². The van der Waals surface area contributed by atoms with E-state index in [1.165, 1.54) is 12.7 Å². The maximum atomic E-state index is 12.9. The maximum absolute atomic E-state index is 12.9. The highest BCUT2D eigenvalue weighted by Crippen LogP contribution is 2.32. The van der Waals surface area contributed by atoms with Crippen molar-refractivity contribution in [1.82, 2.24) is 14.8 Å². The summed E-state index contributed by atoms with van der Waals surface area (Å²) in [6.07, 6.45) is 3.09. The van der Waals surface area contributed by atoms with Gasteiger partial charge in [-0.05, 0) is 46.3 Å². The average molecular weight is 461 g/mol.